The number of nitrogens with one attached hydrogen (secondary N) is 1. The summed E-state index contributed by atoms with van der Waals surface area (Å²) in [6, 6.07) is 11.4. The average molecular weight is 346 g/mol. The molecule has 0 aliphatic carbocycles. The van der Waals surface area contributed by atoms with E-state index in [9.17, 15) is 16.8 Å². The zero-order chi connectivity index (χ0) is 15.7. The third-order valence-corrected chi connectivity index (χ3v) is 5.52. The van der Waals surface area contributed by atoms with Gasteiger partial charge in [-0.05, 0) is 36.4 Å². The van der Waals surface area contributed by atoms with Crippen molar-refractivity contribution in [2.24, 2.45) is 0 Å². The number of hydrogen-bond acceptors (Lipinski definition) is 4. The fraction of sp³-hybridized carbons (Fsp3) is 0.0769. The van der Waals surface area contributed by atoms with Crippen LogP contribution >= 0.6 is 11.6 Å². The van der Waals surface area contributed by atoms with Gasteiger partial charge in [-0.1, -0.05) is 23.7 Å². The van der Waals surface area contributed by atoms with E-state index in [0.29, 0.717) is 0 Å². The first-order valence-corrected chi connectivity index (χ1v) is 9.53. The second-order valence-electron chi connectivity index (χ2n) is 4.33. The summed E-state index contributed by atoms with van der Waals surface area (Å²) in [5, 5.41) is 0.272. The van der Waals surface area contributed by atoms with Crippen LogP contribution in [0.2, 0.25) is 5.02 Å². The van der Waals surface area contributed by atoms with Gasteiger partial charge in [0.1, 0.15) is 0 Å². The van der Waals surface area contributed by atoms with Crippen molar-refractivity contribution in [2.75, 3.05) is 11.0 Å². The Morgan fingerprint density at radius 1 is 0.857 bits per heavy atom. The lowest BCUT2D eigenvalue weighted by Gasteiger charge is -2.09. The maximum Gasteiger partial charge on any atom is 0.261 e. The van der Waals surface area contributed by atoms with Gasteiger partial charge in [0, 0.05) is 6.26 Å². The van der Waals surface area contributed by atoms with Crippen LogP contribution in [0, 0.1) is 0 Å². The first kappa shape index (κ1) is 15.8. The topological polar surface area (TPSA) is 80.3 Å². The Morgan fingerprint density at radius 3 is 1.90 bits per heavy atom. The Kier molecular flexibility index (Phi) is 4.27. The number of rotatable bonds is 4. The molecule has 0 radical (unpaired) electrons. The van der Waals surface area contributed by atoms with E-state index in [1.54, 1.807) is 18.2 Å². The lowest BCUT2D eigenvalue weighted by Crippen LogP contribution is -2.13. The highest BCUT2D eigenvalue weighted by Crippen LogP contribution is 2.24. The lowest BCUT2D eigenvalue weighted by molar-refractivity contribution is 0.597. The molecule has 2 aromatic carbocycles. The maximum atomic E-state index is 12.2. The number of sulfone groups is 1. The van der Waals surface area contributed by atoms with Gasteiger partial charge in [-0.2, -0.15) is 0 Å². The van der Waals surface area contributed by atoms with E-state index in [1.807, 2.05) is 0 Å². The van der Waals surface area contributed by atoms with E-state index in [-0.39, 0.29) is 20.5 Å². The van der Waals surface area contributed by atoms with E-state index in [0.717, 1.165) is 6.26 Å². The van der Waals surface area contributed by atoms with Crippen LogP contribution in [0.4, 0.5) is 5.69 Å². The van der Waals surface area contributed by atoms with Crippen LogP contribution in [0.25, 0.3) is 0 Å². The van der Waals surface area contributed by atoms with Gasteiger partial charge in [-0.3, -0.25) is 4.72 Å². The van der Waals surface area contributed by atoms with Gasteiger partial charge in [-0.25, -0.2) is 16.8 Å². The molecule has 21 heavy (non-hydrogen) atoms. The minimum absolute atomic E-state index is 0.0465. The molecule has 0 saturated carbocycles. The van der Waals surface area contributed by atoms with Gasteiger partial charge in [0.25, 0.3) is 10.0 Å². The predicted molar refractivity (Wildman–Crippen MR) is 81.8 cm³/mol. The Morgan fingerprint density at radius 2 is 1.38 bits per heavy atom. The van der Waals surface area contributed by atoms with Gasteiger partial charge in [-0.15, -0.1) is 0 Å². The monoisotopic (exact) mass is 345 g/mol. The largest absolute Gasteiger partial charge is 0.278 e. The zero-order valence-electron chi connectivity index (χ0n) is 10.9. The van der Waals surface area contributed by atoms with Crippen LogP contribution in [0.3, 0.4) is 0 Å². The third kappa shape index (κ3) is 3.75. The van der Waals surface area contributed by atoms with Gasteiger partial charge in [0.2, 0.25) is 0 Å². The first-order valence-electron chi connectivity index (χ1n) is 5.77. The molecular formula is C13H12ClNO4S2. The normalized spacial score (nSPS) is 12.1. The summed E-state index contributed by atoms with van der Waals surface area (Å²) in [5.74, 6) is 0. The summed E-state index contributed by atoms with van der Waals surface area (Å²) in [5.41, 5.74) is 0.256. The summed E-state index contributed by atoms with van der Waals surface area (Å²) in [6.07, 6.45) is 1.05. The number of para-hydroxylation sites is 1. The molecule has 0 unspecified atom stereocenters. The summed E-state index contributed by atoms with van der Waals surface area (Å²) in [7, 11) is -7.19. The predicted octanol–water partition coefficient (Wildman–Crippen LogP) is 2.54. The molecule has 0 atom stereocenters. The van der Waals surface area contributed by atoms with Crippen molar-refractivity contribution in [3.05, 3.63) is 53.6 Å². The molecule has 0 fully saturated rings. The van der Waals surface area contributed by atoms with E-state index < -0.39 is 19.9 Å². The standard InChI is InChI=1S/C13H12ClNO4S2/c1-20(16,17)10-6-8-11(9-7-10)21(18,19)15-13-5-3-2-4-12(13)14/h2-9,15H,1H3. The summed E-state index contributed by atoms with van der Waals surface area (Å²) < 4.78 is 49.4. The molecule has 112 valence electrons. The van der Waals surface area contributed by atoms with E-state index in [4.69, 9.17) is 11.6 Å². The molecule has 0 amide bonds. The SMILES string of the molecule is CS(=O)(=O)c1ccc(S(=O)(=O)Nc2ccccc2Cl)cc1. The van der Waals surface area contributed by atoms with Crippen molar-refractivity contribution in [3.8, 4) is 0 Å². The fourth-order valence-corrected chi connectivity index (χ4v) is 3.56. The molecule has 0 aliphatic rings. The maximum absolute atomic E-state index is 12.2. The van der Waals surface area contributed by atoms with Gasteiger partial charge >= 0.3 is 0 Å². The molecule has 0 spiro atoms. The zero-order valence-corrected chi connectivity index (χ0v) is 13.3. The van der Waals surface area contributed by atoms with Gasteiger partial charge in [0.15, 0.2) is 9.84 Å². The van der Waals surface area contributed by atoms with Crippen molar-refractivity contribution in [3.63, 3.8) is 0 Å². The molecule has 8 heteroatoms. The minimum atomic E-state index is -3.83. The van der Waals surface area contributed by atoms with Gasteiger partial charge in [0.05, 0.1) is 20.5 Å². The summed E-state index contributed by atoms with van der Waals surface area (Å²) in [4.78, 5) is 0.00835. The first-order chi connectivity index (χ1) is 9.70. The summed E-state index contributed by atoms with van der Waals surface area (Å²) >= 11 is 5.90. The Balaban J connectivity index is 2.35. The van der Waals surface area contributed by atoms with Crippen molar-refractivity contribution in [2.45, 2.75) is 9.79 Å². The average Bonchev–Trinajstić information content (AvgIpc) is 2.40. The molecule has 0 saturated heterocycles. The van der Waals surface area contributed by atoms with Crippen LogP contribution in [-0.2, 0) is 19.9 Å². The second kappa shape index (κ2) is 5.67. The van der Waals surface area contributed by atoms with E-state index in [2.05, 4.69) is 4.72 Å². The number of benzene rings is 2. The highest BCUT2D eigenvalue weighted by Gasteiger charge is 2.16. The number of hydrogen-bond donors (Lipinski definition) is 1. The van der Waals surface area contributed by atoms with Crippen LogP contribution in [0.15, 0.2) is 58.3 Å². The van der Waals surface area contributed by atoms with Crippen LogP contribution in [-0.4, -0.2) is 23.1 Å². The minimum Gasteiger partial charge on any atom is -0.278 e. The van der Waals surface area contributed by atoms with Crippen LogP contribution in [0.1, 0.15) is 0 Å². The molecule has 5 nitrogen and oxygen atoms in total. The van der Waals surface area contributed by atoms with Crippen molar-refractivity contribution in [1.82, 2.24) is 0 Å². The third-order valence-electron chi connectivity index (χ3n) is 2.68. The lowest BCUT2D eigenvalue weighted by atomic mass is 10.3. The Bertz CT molecular complexity index is 859. The highest BCUT2D eigenvalue weighted by molar-refractivity contribution is 7.92. The fourth-order valence-electron chi connectivity index (χ4n) is 1.61. The molecule has 2 aromatic rings. The van der Waals surface area contributed by atoms with Crippen LogP contribution in [0.5, 0.6) is 0 Å². The van der Waals surface area contributed by atoms with Gasteiger partial charge < -0.3 is 0 Å². The van der Waals surface area contributed by atoms with Crippen molar-refractivity contribution < 1.29 is 16.8 Å². The summed E-state index contributed by atoms with van der Waals surface area (Å²) in [6.45, 7) is 0. The number of sulfonamides is 1. The molecule has 0 bridgehead atoms. The Hall–Kier alpha value is -1.57. The molecule has 0 heterocycles. The van der Waals surface area contributed by atoms with Crippen LogP contribution < -0.4 is 4.72 Å². The number of halogens is 1. The second-order valence-corrected chi connectivity index (χ2v) is 8.43. The van der Waals surface area contributed by atoms with Crippen molar-refractivity contribution >= 4 is 37.1 Å². The molecule has 0 aromatic heterocycles. The molecule has 0 aliphatic heterocycles. The quantitative estimate of drug-likeness (QED) is 0.923. The molecular weight excluding hydrogens is 334 g/mol. The number of anilines is 1. The highest BCUT2D eigenvalue weighted by atomic mass is 35.5. The smallest absolute Gasteiger partial charge is 0.261 e. The Labute approximate surface area is 128 Å². The van der Waals surface area contributed by atoms with Crippen molar-refractivity contribution in [1.29, 1.82) is 0 Å². The molecule has 1 N–H and O–H groups in total. The van der Waals surface area contributed by atoms with E-state index >= 15 is 0 Å². The van der Waals surface area contributed by atoms with E-state index in [1.165, 1.54) is 30.3 Å². The molecule has 2 rings (SSSR count).